The van der Waals surface area contributed by atoms with E-state index < -0.39 is 5.41 Å². The minimum Gasteiger partial charge on any atom is -0.450 e. The number of hydrogen-bond donors (Lipinski definition) is 0. The van der Waals surface area contributed by atoms with Crippen molar-refractivity contribution in [2.24, 2.45) is 0 Å². The molecule has 0 atom stereocenters. The smallest absolute Gasteiger partial charge is 0.171 e. The molecule has 0 unspecified atom stereocenters. The predicted molar refractivity (Wildman–Crippen MR) is 166 cm³/mol. The third-order valence-electron chi connectivity index (χ3n) is 8.73. The zero-order valence-electron chi connectivity index (χ0n) is 23.6. The molecule has 210 valence electrons. The first-order valence-corrected chi connectivity index (χ1v) is 14.4. The van der Waals surface area contributed by atoms with Crippen molar-refractivity contribution in [1.29, 1.82) is 10.5 Å². The summed E-state index contributed by atoms with van der Waals surface area (Å²) in [6, 6.07) is 43.7. The van der Waals surface area contributed by atoms with Crippen LogP contribution in [0.15, 0.2) is 121 Å². The Morgan fingerprint density at radius 2 is 0.778 bits per heavy atom. The van der Waals surface area contributed by atoms with Gasteiger partial charge in [0.1, 0.15) is 0 Å². The van der Waals surface area contributed by atoms with E-state index in [2.05, 4.69) is 72.8 Å². The Morgan fingerprint density at radius 3 is 1.22 bits per heavy atom. The van der Waals surface area contributed by atoms with Gasteiger partial charge in [0, 0.05) is 12.1 Å². The highest BCUT2D eigenvalue weighted by Gasteiger charge is 2.47. The van der Waals surface area contributed by atoms with Crippen LogP contribution < -0.4 is 18.9 Å². The highest BCUT2D eigenvalue weighted by molar-refractivity contribution is 5.86. The Bertz CT molecular complexity index is 2160. The molecule has 0 aromatic heterocycles. The maximum atomic E-state index is 9.45. The summed E-state index contributed by atoms with van der Waals surface area (Å²) in [4.78, 5) is 0. The molecule has 9 rings (SSSR count). The molecule has 6 heteroatoms. The summed E-state index contributed by atoms with van der Waals surface area (Å²) < 4.78 is 25.2. The number of hydrogen-bond acceptors (Lipinski definition) is 6. The zero-order valence-corrected chi connectivity index (χ0v) is 23.6. The van der Waals surface area contributed by atoms with Crippen LogP contribution in [0.25, 0.3) is 11.1 Å². The normalized spacial score (nSPS) is 13.7. The summed E-state index contributed by atoms with van der Waals surface area (Å²) in [5, 5.41) is 18.9. The lowest BCUT2D eigenvalue weighted by Crippen LogP contribution is -2.28. The van der Waals surface area contributed by atoms with E-state index in [0.717, 1.165) is 33.4 Å². The van der Waals surface area contributed by atoms with Gasteiger partial charge in [-0.05, 0) is 81.9 Å². The number of fused-ring (bicyclic) bond motifs is 7. The number of nitriles is 2. The van der Waals surface area contributed by atoms with Gasteiger partial charge in [-0.1, -0.05) is 60.7 Å². The van der Waals surface area contributed by atoms with Crippen LogP contribution in [0, 0.1) is 22.7 Å². The molecule has 0 amide bonds. The molecule has 2 heterocycles. The lowest BCUT2D eigenvalue weighted by Gasteiger charge is -2.35. The van der Waals surface area contributed by atoms with Crippen molar-refractivity contribution in [1.82, 2.24) is 0 Å². The first-order valence-electron chi connectivity index (χ1n) is 14.4. The Kier molecular flexibility index (Phi) is 5.15. The first kappa shape index (κ1) is 25.0. The quantitative estimate of drug-likeness (QED) is 0.202. The second-order valence-electron chi connectivity index (χ2n) is 11.1. The molecule has 0 radical (unpaired) electrons. The van der Waals surface area contributed by atoms with Gasteiger partial charge in [0.05, 0.1) is 28.7 Å². The van der Waals surface area contributed by atoms with Gasteiger partial charge in [0.2, 0.25) is 0 Å². The fourth-order valence-corrected chi connectivity index (χ4v) is 6.79. The highest BCUT2D eigenvalue weighted by Crippen LogP contribution is 2.59. The van der Waals surface area contributed by atoms with Gasteiger partial charge in [-0.3, -0.25) is 0 Å². The summed E-state index contributed by atoms with van der Waals surface area (Å²) in [6.45, 7) is 0. The first-order chi connectivity index (χ1) is 22.1. The van der Waals surface area contributed by atoms with Gasteiger partial charge in [-0.15, -0.1) is 0 Å². The number of benzene rings is 6. The van der Waals surface area contributed by atoms with Gasteiger partial charge in [0.15, 0.2) is 46.0 Å². The fraction of sp³-hybridized carbons (Fsp3) is 0.0256. The molecule has 0 saturated heterocycles. The molecule has 6 aromatic rings. The van der Waals surface area contributed by atoms with Crippen LogP contribution >= 0.6 is 0 Å². The summed E-state index contributed by atoms with van der Waals surface area (Å²) >= 11 is 0. The lowest BCUT2D eigenvalue weighted by atomic mass is 9.67. The fourth-order valence-electron chi connectivity index (χ4n) is 6.79. The van der Waals surface area contributed by atoms with Crippen LogP contribution in [0.3, 0.4) is 0 Å². The van der Waals surface area contributed by atoms with Gasteiger partial charge in [-0.2, -0.15) is 10.5 Å². The molecular formula is C39H20N2O4. The van der Waals surface area contributed by atoms with Crippen molar-refractivity contribution in [3.8, 4) is 69.3 Å². The molecule has 1 aliphatic carbocycles. The van der Waals surface area contributed by atoms with E-state index in [-0.39, 0.29) is 0 Å². The molecule has 6 nitrogen and oxygen atoms in total. The second kappa shape index (κ2) is 9.25. The van der Waals surface area contributed by atoms with Gasteiger partial charge in [-0.25, -0.2) is 0 Å². The maximum absolute atomic E-state index is 9.45. The summed E-state index contributed by atoms with van der Waals surface area (Å²) in [7, 11) is 0. The lowest BCUT2D eigenvalue weighted by molar-refractivity contribution is 0.357. The van der Waals surface area contributed by atoms with Crippen molar-refractivity contribution in [3.63, 3.8) is 0 Å². The monoisotopic (exact) mass is 580 g/mol. The summed E-state index contributed by atoms with van der Waals surface area (Å²) in [6.07, 6.45) is 0. The average Bonchev–Trinajstić information content (AvgIpc) is 3.40. The van der Waals surface area contributed by atoms with Crippen molar-refractivity contribution < 1.29 is 18.9 Å². The van der Waals surface area contributed by atoms with Crippen LogP contribution in [0.5, 0.6) is 46.0 Å². The van der Waals surface area contributed by atoms with Crippen LogP contribution in [0.1, 0.15) is 33.4 Å². The molecule has 0 saturated carbocycles. The summed E-state index contributed by atoms with van der Waals surface area (Å²) in [5.41, 5.74) is 6.73. The molecule has 2 aliphatic heterocycles. The SMILES string of the molecule is N#Cc1ccc2c(c1)Oc1cc(C3(c4ccc5c(c4)Oc4cc(C#N)ccc4O5)c4ccccc4-c4ccccc43)ccc1O2. The van der Waals surface area contributed by atoms with Crippen molar-refractivity contribution in [2.75, 3.05) is 0 Å². The van der Waals surface area contributed by atoms with Crippen LogP contribution in [-0.2, 0) is 5.41 Å². The minimum absolute atomic E-state index is 0.492. The molecule has 3 aliphatic rings. The van der Waals surface area contributed by atoms with E-state index in [9.17, 15) is 10.5 Å². The summed E-state index contributed by atoms with van der Waals surface area (Å²) in [5.74, 6) is 4.43. The largest absolute Gasteiger partial charge is 0.450 e. The Balaban J connectivity index is 1.26. The zero-order chi connectivity index (χ0) is 30.1. The standard InChI is InChI=1S/C39H20N2O4/c40-21-23-9-13-31-35(17-23)44-37-19-25(11-15-33(37)42-31)39(29-7-3-1-5-27(29)28-6-2-4-8-30(28)39)26-12-16-34-38(20-26)45-36-18-24(22-41)10-14-32(36)43-34/h1-20H. The Morgan fingerprint density at radius 1 is 0.400 bits per heavy atom. The average molecular weight is 581 g/mol. The van der Waals surface area contributed by atoms with E-state index in [4.69, 9.17) is 18.9 Å². The Hall–Kier alpha value is -6.50. The third kappa shape index (κ3) is 3.54. The van der Waals surface area contributed by atoms with Crippen LogP contribution in [-0.4, -0.2) is 0 Å². The molecule has 0 N–H and O–H groups in total. The molecule has 45 heavy (non-hydrogen) atoms. The maximum Gasteiger partial charge on any atom is 0.171 e. The molecule has 0 spiro atoms. The van der Waals surface area contributed by atoms with Gasteiger partial charge in [0.25, 0.3) is 0 Å². The number of nitrogens with zero attached hydrogens (tertiary/aromatic N) is 2. The third-order valence-corrected chi connectivity index (χ3v) is 8.73. The molecule has 0 fully saturated rings. The van der Waals surface area contributed by atoms with E-state index in [0.29, 0.717) is 57.1 Å². The van der Waals surface area contributed by atoms with E-state index in [1.54, 1.807) is 36.4 Å². The van der Waals surface area contributed by atoms with Crippen molar-refractivity contribution in [3.05, 3.63) is 155 Å². The van der Waals surface area contributed by atoms with Gasteiger partial charge < -0.3 is 18.9 Å². The van der Waals surface area contributed by atoms with Crippen molar-refractivity contribution in [2.45, 2.75) is 5.41 Å². The number of rotatable bonds is 2. The topological polar surface area (TPSA) is 84.5 Å². The van der Waals surface area contributed by atoms with Crippen LogP contribution in [0.2, 0.25) is 0 Å². The molecule has 6 aromatic carbocycles. The van der Waals surface area contributed by atoms with Crippen molar-refractivity contribution >= 4 is 0 Å². The molecular weight excluding hydrogens is 560 g/mol. The van der Waals surface area contributed by atoms with Crippen LogP contribution in [0.4, 0.5) is 0 Å². The Labute approximate surface area is 258 Å². The minimum atomic E-state index is -0.743. The highest BCUT2D eigenvalue weighted by atomic mass is 16.6. The number of ether oxygens (including phenoxy) is 4. The van der Waals surface area contributed by atoms with E-state index in [1.165, 1.54) is 0 Å². The molecule has 0 bridgehead atoms. The predicted octanol–water partition coefficient (Wildman–Crippen LogP) is 9.59. The van der Waals surface area contributed by atoms with E-state index in [1.807, 2.05) is 24.3 Å². The van der Waals surface area contributed by atoms with E-state index >= 15 is 0 Å². The van der Waals surface area contributed by atoms with Gasteiger partial charge >= 0.3 is 0 Å². The second-order valence-corrected chi connectivity index (χ2v) is 11.1.